The van der Waals surface area contributed by atoms with Gasteiger partial charge in [-0.1, -0.05) is 6.07 Å². The van der Waals surface area contributed by atoms with Crippen LogP contribution in [-0.4, -0.2) is 37.4 Å². The summed E-state index contributed by atoms with van der Waals surface area (Å²) in [5.74, 6) is -0.175. The Morgan fingerprint density at radius 2 is 2.18 bits per heavy atom. The molecule has 22 heavy (non-hydrogen) atoms. The highest BCUT2D eigenvalue weighted by atomic mass is 19.3. The van der Waals surface area contributed by atoms with Gasteiger partial charge in [-0.3, -0.25) is 4.79 Å². The summed E-state index contributed by atoms with van der Waals surface area (Å²) in [4.78, 5) is 11.5. The lowest BCUT2D eigenvalue weighted by molar-refractivity contribution is -0.116. The lowest BCUT2D eigenvalue weighted by Gasteiger charge is -2.11. The van der Waals surface area contributed by atoms with Gasteiger partial charge in [0.2, 0.25) is 5.91 Å². The molecular weight excluding hydrogens is 296 g/mol. The van der Waals surface area contributed by atoms with Crippen molar-refractivity contribution in [2.75, 3.05) is 19.8 Å². The summed E-state index contributed by atoms with van der Waals surface area (Å²) in [6.45, 7) is -0.520. The molecule has 1 amide bonds. The average Bonchev–Trinajstić information content (AvgIpc) is 2.47. The van der Waals surface area contributed by atoms with Crippen molar-refractivity contribution in [3.63, 3.8) is 0 Å². The average molecular weight is 315 g/mol. The molecule has 0 fully saturated rings. The molecule has 0 aromatic heterocycles. The number of hydrogen-bond acceptors (Lipinski definition) is 4. The number of rotatable bonds is 9. The van der Waals surface area contributed by atoms with E-state index >= 15 is 0 Å². The number of carbonyl (C=O) groups is 1. The first-order valence-electron chi connectivity index (χ1n) is 6.85. The zero-order chi connectivity index (χ0) is 16.4. The zero-order valence-corrected chi connectivity index (χ0v) is 12.2. The molecule has 0 aliphatic carbocycles. The van der Waals surface area contributed by atoms with E-state index in [1.54, 1.807) is 6.92 Å². The lowest BCUT2D eigenvalue weighted by atomic mass is 10.2. The van der Waals surface area contributed by atoms with Gasteiger partial charge in [0, 0.05) is 19.2 Å². The minimum atomic E-state index is -2.93. The topological polar surface area (TPSA) is 67.8 Å². The van der Waals surface area contributed by atoms with Crippen molar-refractivity contribution in [3.8, 4) is 11.5 Å². The zero-order valence-electron chi connectivity index (χ0n) is 12.2. The molecule has 2 N–H and O–H groups in total. The van der Waals surface area contributed by atoms with Crippen LogP contribution in [0.1, 0.15) is 18.9 Å². The molecule has 0 spiro atoms. The molecule has 0 saturated carbocycles. The summed E-state index contributed by atoms with van der Waals surface area (Å²) >= 11 is 0. The summed E-state index contributed by atoms with van der Waals surface area (Å²) in [6.07, 6.45) is 3.33. The number of amides is 1. The molecule has 122 valence electrons. The first-order valence-corrected chi connectivity index (χ1v) is 6.85. The summed E-state index contributed by atoms with van der Waals surface area (Å²) < 4.78 is 34.2. The van der Waals surface area contributed by atoms with Gasteiger partial charge in [-0.05, 0) is 37.1 Å². The van der Waals surface area contributed by atoms with E-state index in [1.807, 2.05) is 0 Å². The van der Waals surface area contributed by atoms with Crippen LogP contribution in [0.25, 0.3) is 6.08 Å². The van der Waals surface area contributed by atoms with Gasteiger partial charge in [0.1, 0.15) is 0 Å². The number of carbonyl (C=O) groups excluding carboxylic acids is 1. The summed E-state index contributed by atoms with van der Waals surface area (Å²) in [7, 11) is 0. The fourth-order valence-electron chi connectivity index (χ4n) is 1.61. The van der Waals surface area contributed by atoms with Crippen molar-refractivity contribution in [2.45, 2.75) is 20.0 Å². The normalized spacial score (nSPS) is 11.0. The summed E-state index contributed by atoms with van der Waals surface area (Å²) in [6, 6.07) is 4.41. The Balaban J connectivity index is 2.74. The van der Waals surface area contributed by atoms with Gasteiger partial charge in [-0.25, -0.2) is 0 Å². The van der Waals surface area contributed by atoms with E-state index in [0.29, 0.717) is 25.1 Å². The number of halogens is 2. The largest absolute Gasteiger partial charge is 0.490 e. The molecule has 0 saturated heterocycles. The van der Waals surface area contributed by atoms with Crippen molar-refractivity contribution in [2.24, 2.45) is 0 Å². The van der Waals surface area contributed by atoms with Gasteiger partial charge in [-0.15, -0.1) is 0 Å². The van der Waals surface area contributed by atoms with Gasteiger partial charge in [0.25, 0.3) is 0 Å². The number of alkyl halides is 2. The van der Waals surface area contributed by atoms with E-state index in [-0.39, 0.29) is 24.0 Å². The molecular formula is C15H19F2NO4. The second-order valence-corrected chi connectivity index (χ2v) is 4.22. The number of aliphatic hydroxyl groups excluding tert-OH is 1. The predicted molar refractivity (Wildman–Crippen MR) is 78.0 cm³/mol. The van der Waals surface area contributed by atoms with Gasteiger partial charge in [0.15, 0.2) is 11.5 Å². The van der Waals surface area contributed by atoms with Crippen LogP contribution in [0.4, 0.5) is 8.78 Å². The monoisotopic (exact) mass is 315 g/mol. The highest BCUT2D eigenvalue weighted by Gasteiger charge is 2.11. The molecule has 0 aliphatic heterocycles. The van der Waals surface area contributed by atoms with Crippen molar-refractivity contribution < 1.29 is 28.2 Å². The van der Waals surface area contributed by atoms with E-state index in [9.17, 15) is 13.6 Å². The van der Waals surface area contributed by atoms with Crippen molar-refractivity contribution in [1.29, 1.82) is 0 Å². The predicted octanol–water partition coefficient (Wildman–Crippen LogP) is 2.20. The van der Waals surface area contributed by atoms with E-state index in [1.165, 1.54) is 30.4 Å². The van der Waals surface area contributed by atoms with E-state index in [4.69, 9.17) is 9.84 Å². The molecule has 7 heteroatoms. The third-order valence-electron chi connectivity index (χ3n) is 2.54. The smallest absolute Gasteiger partial charge is 0.387 e. The van der Waals surface area contributed by atoms with Crippen LogP contribution in [0, 0.1) is 0 Å². The van der Waals surface area contributed by atoms with Crippen LogP contribution in [-0.2, 0) is 4.79 Å². The molecule has 5 nitrogen and oxygen atoms in total. The lowest BCUT2D eigenvalue weighted by Crippen LogP contribution is -2.22. The molecule has 0 heterocycles. The van der Waals surface area contributed by atoms with Crippen LogP contribution in [0.5, 0.6) is 11.5 Å². The van der Waals surface area contributed by atoms with Gasteiger partial charge in [0.05, 0.1) is 6.61 Å². The molecule has 1 rings (SSSR count). The minimum Gasteiger partial charge on any atom is -0.490 e. The number of nitrogens with one attached hydrogen (secondary N) is 1. The van der Waals surface area contributed by atoms with Crippen LogP contribution in [0.2, 0.25) is 0 Å². The van der Waals surface area contributed by atoms with E-state index in [0.717, 1.165) is 0 Å². The Hall–Kier alpha value is -2.15. The quantitative estimate of drug-likeness (QED) is 0.541. The minimum absolute atomic E-state index is 0.00725. The van der Waals surface area contributed by atoms with Crippen LogP contribution < -0.4 is 14.8 Å². The highest BCUT2D eigenvalue weighted by Crippen LogP contribution is 2.30. The van der Waals surface area contributed by atoms with E-state index in [2.05, 4.69) is 10.1 Å². The van der Waals surface area contributed by atoms with E-state index < -0.39 is 6.61 Å². The fourth-order valence-corrected chi connectivity index (χ4v) is 1.61. The van der Waals surface area contributed by atoms with Gasteiger partial charge < -0.3 is 19.9 Å². The van der Waals surface area contributed by atoms with Crippen molar-refractivity contribution in [3.05, 3.63) is 29.8 Å². The van der Waals surface area contributed by atoms with Crippen LogP contribution in [0.15, 0.2) is 24.3 Å². The third-order valence-corrected chi connectivity index (χ3v) is 2.54. The molecule has 0 bridgehead atoms. The molecule has 0 radical (unpaired) electrons. The third kappa shape index (κ3) is 6.53. The SMILES string of the molecule is CCOc1cc(/C=C/C(=O)NCCCO)ccc1OC(F)F. The Kier molecular flexibility index (Phi) is 7.91. The molecule has 0 atom stereocenters. The van der Waals surface area contributed by atoms with Gasteiger partial charge >= 0.3 is 6.61 Å². The standard InChI is InChI=1S/C15H19F2NO4/c1-2-21-13-10-11(4-6-12(13)22-15(16)17)5-7-14(20)18-8-3-9-19/h4-7,10,15,19H,2-3,8-9H2,1H3,(H,18,20)/b7-5+. The number of hydrogen-bond donors (Lipinski definition) is 2. The first-order chi connectivity index (χ1) is 10.6. The summed E-state index contributed by atoms with van der Waals surface area (Å²) in [5, 5.41) is 11.2. The first kappa shape index (κ1) is 17.9. The molecule has 1 aromatic rings. The second kappa shape index (κ2) is 9.73. The van der Waals surface area contributed by atoms with Crippen LogP contribution in [0.3, 0.4) is 0 Å². The van der Waals surface area contributed by atoms with Crippen molar-refractivity contribution >= 4 is 12.0 Å². The summed E-state index contributed by atoms with van der Waals surface area (Å²) in [5.41, 5.74) is 0.613. The maximum absolute atomic E-state index is 12.3. The van der Waals surface area contributed by atoms with Crippen LogP contribution >= 0.6 is 0 Å². The Morgan fingerprint density at radius 3 is 2.82 bits per heavy atom. The molecule has 0 unspecified atom stereocenters. The Bertz CT molecular complexity index is 506. The number of aliphatic hydroxyl groups is 1. The Morgan fingerprint density at radius 1 is 1.41 bits per heavy atom. The second-order valence-electron chi connectivity index (χ2n) is 4.22. The maximum atomic E-state index is 12.3. The number of benzene rings is 1. The Labute approximate surface area is 127 Å². The van der Waals surface area contributed by atoms with Gasteiger partial charge in [-0.2, -0.15) is 8.78 Å². The molecule has 1 aromatic carbocycles. The number of ether oxygens (including phenoxy) is 2. The highest BCUT2D eigenvalue weighted by molar-refractivity contribution is 5.91. The maximum Gasteiger partial charge on any atom is 0.387 e. The fraction of sp³-hybridized carbons (Fsp3) is 0.400. The van der Waals surface area contributed by atoms with Crippen molar-refractivity contribution in [1.82, 2.24) is 5.32 Å². The molecule has 0 aliphatic rings.